The van der Waals surface area contributed by atoms with Crippen LogP contribution in [0.4, 0.5) is 5.13 Å². The molecule has 0 saturated heterocycles. The Kier molecular flexibility index (Phi) is 7.52. The number of esters is 1. The lowest BCUT2D eigenvalue weighted by Gasteiger charge is -2.11. The maximum Gasteiger partial charge on any atom is 0.342 e. The number of anilines is 1. The summed E-state index contributed by atoms with van der Waals surface area (Å²) in [5.74, 6) is 0.0192. The highest BCUT2D eigenvalue weighted by atomic mass is 32.1. The largest absolute Gasteiger partial charge is 0.497 e. The summed E-state index contributed by atoms with van der Waals surface area (Å²) in [6, 6.07) is 23.9. The van der Waals surface area contributed by atoms with Gasteiger partial charge in [-0.2, -0.15) is 0 Å². The number of hydrogen-bond donors (Lipinski definition) is 1. The zero-order valence-electron chi connectivity index (χ0n) is 18.4. The van der Waals surface area contributed by atoms with Crippen LogP contribution in [-0.2, 0) is 16.1 Å². The third kappa shape index (κ3) is 5.99. The highest BCUT2D eigenvalue weighted by molar-refractivity contribution is 7.14. The van der Waals surface area contributed by atoms with Gasteiger partial charge in [-0.15, -0.1) is 11.3 Å². The van der Waals surface area contributed by atoms with Crippen LogP contribution in [0.25, 0.3) is 11.3 Å². The van der Waals surface area contributed by atoms with Crippen LogP contribution in [0, 0.1) is 0 Å². The van der Waals surface area contributed by atoms with E-state index in [0.717, 1.165) is 22.6 Å². The molecule has 1 N–H and O–H groups in total. The van der Waals surface area contributed by atoms with Crippen molar-refractivity contribution in [1.29, 1.82) is 0 Å². The van der Waals surface area contributed by atoms with Crippen LogP contribution >= 0.6 is 11.3 Å². The molecule has 0 saturated carbocycles. The first-order valence-corrected chi connectivity index (χ1v) is 11.3. The van der Waals surface area contributed by atoms with Crippen LogP contribution in [-0.4, -0.2) is 30.6 Å². The number of carbonyl (C=O) groups is 2. The number of para-hydroxylation sites is 1. The highest BCUT2D eigenvalue weighted by Crippen LogP contribution is 2.26. The molecule has 1 aromatic heterocycles. The van der Waals surface area contributed by atoms with E-state index in [1.807, 2.05) is 60.0 Å². The Balaban J connectivity index is 1.31. The van der Waals surface area contributed by atoms with Crippen molar-refractivity contribution in [3.63, 3.8) is 0 Å². The fraction of sp³-hybridized carbons (Fsp3) is 0.115. The molecule has 3 aromatic carbocycles. The molecule has 1 amide bonds. The fourth-order valence-electron chi connectivity index (χ4n) is 3.09. The molecule has 0 fully saturated rings. The van der Waals surface area contributed by atoms with Crippen LogP contribution in [0.5, 0.6) is 11.5 Å². The molecule has 0 unspecified atom stereocenters. The van der Waals surface area contributed by atoms with Crippen LogP contribution in [0.15, 0.2) is 84.2 Å². The third-order valence-corrected chi connectivity index (χ3v) is 5.57. The highest BCUT2D eigenvalue weighted by Gasteiger charge is 2.16. The van der Waals surface area contributed by atoms with Crippen molar-refractivity contribution in [2.45, 2.75) is 6.61 Å². The number of thiazole rings is 1. The zero-order valence-corrected chi connectivity index (χ0v) is 19.2. The quantitative estimate of drug-likeness (QED) is 0.336. The molecule has 4 aromatic rings. The molecule has 0 aliphatic heterocycles. The molecule has 0 aliphatic rings. The summed E-state index contributed by atoms with van der Waals surface area (Å²) in [5.41, 5.74) is 2.85. The first-order chi connectivity index (χ1) is 16.6. The molecule has 4 rings (SSSR count). The van der Waals surface area contributed by atoms with Gasteiger partial charge in [0, 0.05) is 10.9 Å². The second kappa shape index (κ2) is 11.1. The van der Waals surface area contributed by atoms with Gasteiger partial charge in [0.05, 0.1) is 12.8 Å². The van der Waals surface area contributed by atoms with Gasteiger partial charge in [-0.3, -0.25) is 10.1 Å². The van der Waals surface area contributed by atoms with E-state index in [9.17, 15) is 9.59 Å². The lowest BCUT2D eigenvalue weighted by atomic mass is 10.2. The topological polar surface area (TPSA) is 86.8 Å². The lowest BCUT2D eigenvalue weighted by Crippen LogP contribution is -2.21. The molecular formula is C26H22N2O5S. The number of carbonyl (C=O) groups excluding carboxylic acids is 2. The second-order valence-electron chi connectivity index (χ2n) is 7.16. The van der Waals surface area contributed by atoms with E-state index < -0.39 is 18.5 Å². The molecule has 34 heavy (non-hydrogen) atoms. The normalized spacial score (nSPS) is 10.4. The van der Waals surface area contributed by atoms with Crippen molar-refractivity contribution < 1.29 is 23.8 Å². The predicted molar refractivity (Wildman–Crippen MR) is 130 cm³/mol. The van der Waals surface area contributed by atoms with E-state index in [4.69, 9.17) is 14.2 Å². The van der Waals surface area contributed by atoms with Gasteiger partial charge < -0.3 is 14.2 Å². The van der Waals surface area contributed by atoms with Gasteiger partial charge in [-0.05, 0) is 42.0 Å². The second-order valence-corrected chi connectivity index (χ2v) is 8.02. The molecule has 0 atom stereocenters. The number of amides is 1. The van der Waals surface area contributed by atoms with Gasteiger partial charge in [-0.25, -0.2) is 9.78 Å². The molecule has 0 bridgehead atoms. The minimum atomic E-state index is -0.642. The molecule has 0 spiro atoms. The van der Waals surface area contributed by atoms with E-state index in [-0.39, 0.29) is 5.56 Å². The summed E-state index contributed by atoms with van der Waals surface area (Å²) in [4.78, 5) is 29.3. The molecule has 0 radical (unpaired) electrons. The summed E-state index contributed by atoms with van der Waals surface area (Å²) in [7, 11) is 1.61. The zero-order chi connectivity index (χ0) is 23.8. The SMILES string of the molecule is COc1ccc(-c2csc(NC(=O)COC(=O)c3ccccc3OCc3ccccc3)n2)cc1. The molecule has 7 nitrogen and oxygen atoms in total. The summed E-state index contributed by atoms with van der Waals surface area (Å²) in [5, 5.41) is 4.91. The monoisotopic (exact) mass is 474 g/mol. The Hall–Kier alpha value is -4.17. The summed E-state index contributed by atoms with van der Waals surface area (Å²) >= 11 is 1.29. The first-order valence-electron chi connectivity index (χ1n) is 10.4. The third-order valence-electron chi connectivity index (χ3n) is 4.81. The Morgan fingerprint density at radius 3 is 2.44 bits per heavy atom. The van der Waals surface area contributed by atoms with Crippen molar-refractivity contribution in [3.05, 3.63) is 95.4 Å². The summed E-state index contributed by atoms with van der Waals surface area (Å²) < 4.78 is 16.2. The average Bonchev–Trinajstić information content (AvgIpc) is 3.35. The van der Waals surface area contributed by atoms with Crippen LogP contribution in [0.3, 0.4) is 0 Å². The Morgan fingerprint density at radius 1 is 0.941 bits per heavy atom. The van der Waals surface area contributed by atoms with Crippen molar-refractivity contribution in [1.82, 2.24) is 4.98 Å². The minimum Gasteiger partial charge on any atom is -0.497 e. The number of hydrogen-bond acceptors (Lipinski definition) is 7. The number of nitrogens with one attached hydrogen (secondary N) is 1. The standard InChI is InChI=1S/C26H22N2O5S/c1-31-20-13-11-19(12-14-20)22-17-34-26(27-22)28-24(29)16-33-25(30)21-9-5-6-10-23(21)32-15-18-7-3-2-4-8-18/h2-14,17H,15-16H2,1H3,(H,27,28,29). The Morgan fingerprint density at radius 2 is 1.68 bits per heavy atom. The van der Waals surface area contributed by atoms with Crippen LogP contribution in [0.1, 0.15) is 15.9 Å². The number of ether oxygens (including phenoxy) is 3. The van der Waals surface area contributed by atoms with Gasteiger partial charge in [0.25, 0.3) is 5.91 Å². The number of aromatic nitrogens is 1. The van der Waals surface area contributed by atoms with E-state index in [2.05, 4.69) is 10.3 Å². The minimum absolute atomic E-state index is 0.252. The van der Waals surface area contributed by atoms with Crippen molar-refractivity contribution in [2.75, 3.05) is 19.0 Å². The average molecular weight is 475 g/mol. The molecule has 1 heterocycles. The van der Waals surface area contributed by atoms with E-state index in [0.29, 0.717) is 17.5 Å². The molecule has 8 heteroatoms. The van der Waals surface area contributed by atoms with Crippen molar-refractivity contribution in [3.8, 4) is 22.8 Å². The maximum absolute atomic E-state index is 12.6. The lowest BCUT2D eigenvalue weighted by molar-refractivity contribution is -0.119. The Bertz CT molecular complexity index is 1260. The summed E-state index contributed by atoms with van der Waals surface area (Å²) in [6.45, 7) is -0.129. The first kappa shape index (κ1) is 23.0. The smallest absolute Gasteiger partial charge is 0.342 e. The van der Waals surface area contributed by atoms with Gasteiger partial charge in [0.2, 0.25) is 0 Å². The van der Waals surface area contributed by atoms with Crippen molar-refractivity contribution in [2.24, 2.45) is 0 Å². The number of methoxy groups -OCH3 is 1. The number of nitrogens with zero attached hydrogens (tertiary/aromatic N) is 1. The Labute approximate surface area is 201 Å². The van der Waals surface area contributed by atoms with E-state index in [1.54, 1.807) is 31.4 Å². The number of benzene rings is 3. The molecule has 172 valence electrons. The van der Waals surface area contributed by atoms with E-state index >= 15 is 0 Å². The molecule has 0 aliphatic carbocycles. The van der Waals surface area contributed by atoms with Gasteiger partial charge >= 0.3 is 5.97 Å². The van der Waals surface area contributed by atoms with Crippen LogP contribution < -0.4 is 14.8 Å². The van der Waals surface area contributed by atoms with Crippen LogP contribution in [0.2, 0.25) is 0 Å². The fourth-order valence-corrected chi connectivity index (χ4v) is 3.82. The number of rotatable bonds is 9. The predicted octanol–water partition coefficient (Wildman–Crippen LogP) is 5.19. The maximum atomic E-state index is 12.6. The molecular weight excluding hydrogens is 452 g/mol. The van der Waals surface area contributed by atoms with E-state index in [1.165, 1.54) is 11.3 Å². The van der Waals surface area contributed by atoms with Gasteiger partial charge in [-0.1, -0.05) is 42.5 Å². The van der Waals surface area contributed by atoms with Gasteiger partial charge in [0.1, 0.15) is 23.7 Å². The van der Waals surface area contributed by atoms with Gasteiger partial charge in [0.15, 0.2) is 11.7 Å². The summed E-state index contributed by atoms with van der Waals surface area (Å²) in [6.07, 6.45) is 0. The van der Waals surface area contributed by atoms with Crippen molar-refractivity contribution >= 4 is 28.3 Å².